The molecule has 1 aromatic carbocycles. The minimum atomic E-state index is -0.357. The molecule has 0 unspecified atom stereocenters. The molecule has 2 aliphatic heterocycles. The Morgan fingerprint density at radius 2 is 1.94 bits per heavy atom. The van der Waals surface area contributed by atoms with Gasteiger partial charge in [-0.2, -0.15) is 5.26 Å². The summed E-state index contributed by atoms with van der Waals surface area (Å²) < 4.78 is 4.30. The molecular weight excluding hydrogens is 438 g/mol. The number of hydrogen-bond donors (Lipinski definition) is 1. The molecule has 1 fully saturated rings. The van der Waals surface area contributed by atoms with Gasteiger partial charge < -0.3 is 19.5 Å². The molecule has 6 rings (SSSR count). The second-order valence-electron chi connectivity index (χ2n) is 9.68. The van der Waals surface area contributed by atoms with Crippen molar-refractivity contribution in [2.24, 2.45) is 5.92 Å². The van der Waals surface area contributed by atoms with Crippen LogP contribution in [-0.2, 0) is 6.54 Å². The average Bonchev–Trinajstić information content (AvgIpc) is 3.56. The lowest BCUT2D eigenvalue weighted by Crippen LogP contribution is -2.29. The minimum Gasteiger partial charge on any atom is -0.391 e. The van der Waals surface area contributed by atoms with E-state index in [4.69, 9.17) is 10.2 Å². The number of rotatable bonds is 4. The van der Waals surface area contributed by atoms with Crippen LogP contribution in [0.4, 0.5) is 5.82 Å². The predicted octanol–water partition coefficient (Wildman–Crippen LogP) is 2.99. The Hall–Kier alpha value is -3.93. The molecule has 3 aromatic heterocycles. The lowest BCUT2D eigenvalue weighted by molar-refractivity contribution is 0.130. The lowest BCUT2D eigenvalue weighted by Gasteiger charge is -2.20. The van der Waals surface area contributed by atoms with Crippen molar-refractivity contribution >= 4 is 5.82 Å². The van der Waals surface area contributed by atoms with Gasteiger partial charge in [-0.15, -0.1) is 0 Å². The molecule has 8 nitrogen and oxygen atoms in total. The quantitative estimate of drug-likeness (QED) is 0.439. The molecule has 2 aliphatic rings. The second kappa shape index (κ2) is 8.38. The first kappa shape index (κ1) is 21.6. The number of β-amino-alcohol motifs (C(OH)–C–C–N with tert-alkyl or cyclic N) is 1. The van der Waals surface area contributed by atoms with Crippen LogP contribution in [0.15, 0.2) is 61.1 Å². The standard InChI is InChI=1S/C27H27N7O/c1-31(2)13-21-15-33(17-25(21)35)26-8-7-23-22(30-26)16-32-14-20(19-5-3-18(12-28)4-6-19)11-24(32)27-29-9-10-34(23)27/h3-11,14,21,25,35H,13,15-17H2,1-2H3/t21-,25-/m1/s1. The van der Waals surface area contributed by atoms with E-state index >= 15 is 0 Å². The van der Waals surface area contributed by atoms with E-state index in [9.17, 15) is 5.11 Å². The fraction of sp³-hybridized carbons (Fsp3) is 0.296. The van der Waals surface area contributed by atoms with E-state index in [0.717, 1.165) is 52.9 Å². The zero-order valence-corrected chi connectivity index (χ0v) is 19.8. The molecule has 1 saturated heterocycles. The van der Waals surface area contributed by atoms with E-state index in [-0.39, 0.29) is 12.0 Å². The maximum Gasteiger partial charge on any atom is 0.161 e. The van der Waals surface area contributed by atoms with Gasteiger partial charge in [0.2, 0.25) is 0 Å². The number of nitrogens with zero attached hydrogens (tertiary/aromatic N) is 7. The molecule has 0 amide bonds. The molecule has 4 aromatic rings. The van der Waals surface area contributed by atoms with Crippen LogP contribution < -0.4 is 4.90 Å². The zero-order valence-electron chi connectivity index (χ0n) is 19.8. The number of benzene rings is 1. The van der Waals surface area contributed by atoms with E-state index in [1.165, 1.54) is 0 Å². The van der Waals surface area contributed by atoms with Gasteiger partial charge >= 0.3 is 0 Å². The average molecular weight is 466 g/mol. The third kappa shape index (κ3) is 3.79. The number of aliphatic hydroxyl groups is 1. The Balaban J connectivity index is 1.36. The molecule has 0 bridgehead atoms. The third-order valence-electron chi connectivity index (χ3n) is 6.96. The predicted molar refractivity (Wildman–Crippen MR) is 134 cm³/mol. The van der Waals surface area contributed by atoms with Crippen LogP contribution in [0.3, 0.4) is 0 Å². The number of pyridine rings is 1. The zero-order chi connectivity index (χ0) is 24.1. The molecule has 8 heteroatoms. The number of imidazole rings is 1. The summed E-state index contributed by atoms with van der Waals surface area (Å²) in [5.41, 5.74) is 5.80. The number of fused-ring (bicyclic) bond motifs is 5. The monoisotopic (exact) mass is 465 g/mol. The molecule has 35 heavy (non-hydrogen) atoms. The van der Waals surface area contributed by atoms with E-state index in [2.05, 4.69) is 54.4 Å². The maximum absolute atomic E-state index is 10.6. The van der Waals surface area contributed by atoms with Crippen LogP contribution >= 0.6 is 0 Å². The van der Waals surface area contributed by atoms with Crippen LogP contribution in [0.1, 0.15) is 11.3 Å². The number of hydrogen-bond acceptors (Lipinski definition) is 6. The third-order valence-corrected chi connectivity index (χ3v) is 6.96. The van der Waals surface area contributed by atoms with Crippen molar-refractivity contribution in [3.63, 3.8) is 0 Å². The summed E-state index contributed by atoms with van der Waals surface area (Å²) in [6.07, 6.45) is 5.57. The van der Waals surface area contributed by atoms with E-state index < -0.39 is 0 Å². The van der Waals surface area contributed by atoms with Crippen molar-refractivity contribution in [3.8, 4) is 34.4 Å². The highest BCUT2D eigenvalue weighted by Crippen LogP contribution is 2.34. The van der Waals surface area contributed by atoms with Crippen LogP contribution in [0.2, 0.25) is 0 Å². The van der Waals surface area contributed by atoms with E-state index in [1.54, 1.807) is 0 Å². The molecule has 0 aliphatic carbocycles. The van der Waals surface area contributed by atoms with Crippen molar-refractivity contribution in [1.29, 1.82) is 5.26 Å². The normalized spacial score (nSPS) is 18.7. The Kier molecular flexibility index (Phi) is 5.17. The topological polar surface area (TPSA) is 86.1 Å². The molecule has 1 N–H and O–H groups in total. The summed E-state index contributed by atoms with van der Waals surface area (Å²) in [4.78, 5) is 14.1. The molecule has 176 valence electrons. The molecule has 0 radical (unpaired) electrons. The van der Waals surface area contributed by atoms with Gasteiger partial charge in [-0.05, 0) is 50.0 Å². The summed E-state index contributed by atoms with van der Waals surface area (Å²) in [6.45, 7) is 2.86. The van der Waals surface area contributed by atoms with Gasteiger partial charge in [0.05, 0.1) is 41.4 Å². The summed E-state index contributed by atoms with van der Waals surface area (Å²) >= 11 is 0. The molecule has 5 heterocycles. The van der Waals surface area contributed by atoms with Crippen LogP contribution in [0.5, 0.6) is 0 Å². The van der Waals surface area contributed by atoms with Gasteiger partial charge in [-0.3, -0.25) is 4.57 Å². The first-order valence-electron chi connectivity index (χ1n) is 11.8. The highest BCUT2D eigenvalue weighted by molar-refractivity contribution is 5.72. The fourth-order valence-corrected chi connectivity index (χ4v) is 5.26. The van der Waals surface area contributed by atoms with Gasteiger partial charge in [-0.25, -0.2) is 9.97 Å². The van der Waals surface area contributed by atoms with Crippen molar-refractivity contribution in [3.05, 3.63) is 72.3 Å². The minimum absolute atomic E-state index is 0.205. The van der Waals surface area contributed by atoms with Gasteiger partial charge in [0.25, 0.3) is 0 Å². The Bertz CT molecular complexity index is 1430. The van der Waals surface area contributed by atoms with E-state index in [0.29, 0.717) is 18.7 Å². The molecule has 0 saturated carbocycles. The van der Waals surface area contributed by atoms with Crippen molar-refractivity contribution in [1.82, 2.24) is 24.0 Å². The first-order valence-corrected chi connectivity index (χ1v) is 11.8. The van der Waals surface area contributed by atoms with Gasteiger partial charge in [-0.1, -0.05) is 12.1 Å². The van der Waals surface area contributed by atoms with Crippen molar-refractivity contribution in [2.75, 3.05) is 38.6 Å². The molecule has 0 spiro atoms. The summed E-state index contributed by atoms with van der Waals surface area (Å²) in [5, 5.41) is 19.7. The van der Waals surface area contributed by atoms with Crippen LogP contribution in [-0.4, -0.2) is 68.9 Å². The van der Waals surface area contributed by atoms with Crippen molar-refractivity contribution < 1.29 is 5.11 Å². The SMILES string of the molecule is CN(C)C[C@@H]1CN(c2ccc3c(n2)Cn2cc(-c4ccc(C#N)cc4)cc2-c2nccn2-3)C[C@H]1O. The fourth-order valence-electron chi connectivity index (χ4n) is 5.26. The summed E-state index contributed by atoms with van der Waals surface area (Å²) in [6, 6.07) is 16.1. The molecular formula is C27H27N7O. The van der Waals surface area contributed by atoms with Gasteiger partial charge in [0.15, 0.2) is 5.82 Å². The lowest BCUT2D eigenvalue weighted by atomic mass is 10.1. The smallest absolute Gasteiger partial charge is 0.161 e. The maximum atomic E-state index is 10.6. The van der Waals surface area contributed by atoms with Crippen LogP contribution in [0.25, 0.3) is 28.3 Å². The highest BCUT2D eigenvalue weighted by Gasteiger charge is 2.33. The van der Waals surface area contributed by atoms with Crippen LogP contribution in [0, 0.1) is 17.2 Å². The molecule has 2 atom stereocenters. The Morgan fingerprint density at radius 1 is 1.11 bits per heavy atom. The van der Waals surface area contributed by atoms with E-state index in [1.807, 2.05) is 50.8 Å². The van der Waals surface area contributed by atoms with Gasteiger partial charge in [0, 0.05) is 49.7 Å². The number of aromatic nitrogens is 4. The first-order chi connectivity index (χ1) is 17.0. The Labute approximate surface area is 204 Å². The Morgan fingerprint density at radius 3 is 2.71 bits per heavy atom. The number of aliphatic hydroxyl groups excluding tert-OH is 1. The largest absolute Gasteiger partial charge is 0.391 e. The van der Waals surface area contributed by atoms with Gasteiger partial charge in [0.1, 0.15) is 5.82 Å². The number of nitriles is 1. The summed E-state index contributed by atoms with van der Waals surface area (Å²) in [5.74, 6) is 1.98. The second-order valence-corrected chi connectivity index (χ2v) is 9.68. The van der Waals surface area contributed by atoms with Crippen molar-refractivity contribution in [2.45, 2.75) is 12.6 Å². The highest BCUT2D eigenvalue weighted by atomic mass is 16.3. The number of anilines is 1. The summed E-state index contributed by atoms with van der Waals surface area (Å²) in [7, 11) is 4.08.